The largest absolute Gasteiger partial charge is 0.481 e. The molecule has 0 spiro atoms. The van der Waals surface area contributed by atoms with E-state index in [-0.39, 0.29) is 5.75 Å². The van der Waals surface area contributed by atoms with Crippen molar-refractivity contribution in [1.82, 2.24) is 14.8 Å². The maximum absolute atomic E-state index is 10.8. The maximum atomic E-state index is 10.8. The Bertz CT molecular complexity index is 509. The highest BCUT2D eigenvalue weighted by atomic mass is 32.2. The first-order valence-corrected chi connectivity index (χ1v) is 8.82. The highest BCUT2D eigenvalue weighted by Gasteiger charge is 2.42. The van der Waals surface area contributed by atoms with E-state index in [2.05, 4.69) is 28.6 Å². The number of rotatable bonds is 8. The van der Waals surface area contributed by atoms with Gasteiger partial charge < -0.3 is 9.67 Å². The van der Waals surface area contributed by atoms with Gasteiger partial charge in [0.25, 0.3) is 0 Å². The lowest BCUT2D eigenvalue weighted by Gasteiger charge is -2.19. The summed E-state index contributed by atoms with van der Waals surface area (Å²) < 4.78 is 2.19. The molecule has 1 heterocycles. The van der Waals surface area contributed by atoms with Crippen molar-refractivity contribution in [3.8, 4) is 0 Å². The first-order valence-electron chi connectivity index (χ1n) is 7.84. The standard InChI is InChI=1S/C15H23N3O2S/c1-9(2)14-16-17-15(21-8-13(19)20)18(14)7-12(10-3-4-10)11-5-6-11/h9-12H,3-8H2,1-2H3,(H,19,20). The second-order valence-electron chi connectivity index (χ2n) is 6.63. The molecule has 21 heavy (non-hydrogen) atoms. The molecule has 2 fully saturated rings. The Morgan fingerprint density at radius 3 is 2.38 bits per heavy atom. The zero-order valence-electron chi connectivity index (χ0n) is 12.7. The predicted molar refractivity (Wildman–Crippen MR) is 81.4 cm³/mol. The number of hydrogen-bond donors (Lipinski definition) is 1. The molecule has 116 valence electrons. The molecule has 0 radical (unpaired) electrons. The number of nitrogens with zero attached hydrogens (tertiary/aromatic N) is 3. The van der Waals surface area contributed by atoms with Crippen LogP contribution in [0.15, 0.2) is 5.16 Å². The smallest absolute Gasteiger partial charge is 0.313 e. The van der Waals surface area contributed by atoms with Gasteiger partial charge in [-0.05, 0) is 43.4 Å². The van der Waals surface area contributed by atoms with Crippen LogP contribution in [0.25, 0.3) is 0 Å². The molecule has 1 aromatic heterocycles. The fourth-order valence-corrected chi connectivity index (χ4v) is 3.75. The number of carboxylic acids is 1. The van der Waals surface area contributed by atoms with E-state index in [0.29, 0.717) is 5.92 Å². The zero-order valence-corrected chi connectivity index (χ0v) is 13.5. The van der Waals surface area contributed by atoms with Gasteiger partial charge in [0, 0.05) is 12.5 Å². The second-order valence-corrected chi connectivity index (χ2v) is 7.57. The number of hydrogen-bond acceptors (Lipinski definition) is 4. The molecule has 0 saturated heterocycles. The molecule has 1 N–H and O–H groups in total. The highest BCUT2D eigenvalue weighted by molar-refractivity contribution is 7.99. The Labute approximate surface area is 129 Å². The van der Waals surface area contributed by atoms with Gasteiger partial charge in [-0.2, -0.15) is 0 Å². The minimum absolute atomic E-state index is 0.0494. The number of carboxylic acid groups (broad SMARTS) is 1. The van der Waals surface area contributed by atoms with Crippen LogP contribution in [0.4, 0.5) is 0 Å². The van der Waals surface area contributed by atoms with Crippen molar-refractivity contribution in [2.45, 2.75) is 57.1 Å². The lowest BCUT2D eigenvalue weighted by Crippen LogP contribution is -2.18. The molecule has 6 heteroatoms. The average molecular weight is 309 g/mol. The van der Waals surface area contributed by atoms with E-state index < -0.39 is 5.97 Å². The summed E-state index contributed by atoms with van der Waals surface area (Å²) in [5.74, 6) is 3.04. The maximum Gasteiger partial charge on any atom is 0.313 e. The van der Waals surface area contributed by atoms with Crippen molar-refractivity contribution in [2.75, 3.05) is 5.75 Å². The lowest BCUT2D eigenvalue weighted by molar-refractivity contribution is -0.133. The summed E-state index contributed by atoms with van der Waals surface area (Å²) >= 11 is 1.29. The highest BCUT2D eigenvalue weighted by Crippen LogP contribution is 2.50. The van der Waals surface area contributed by atoms with Crippen molar-refractivity contribution in [2.24, 2.45) is 17.8 Å². The van der Waals surface area contributed by atoms with Crippen molar-refractivity contribution in [3.05, 3.63) is 5.82 Å². The van der Waals surface area contributed by atoms with E-state index in [9.17, 15) is 4.79 Å². The normalized spacial score (nSPS) is 18.7. The van der Waals surface area contributed by atoms with Crippen LogP contribution in [0.3, 0.4) is 0 Å². The minimum atomic E-state index is -0.804. The van der Waals surface area contributed by atoms with E-state index in [1.165, 1.54) is 37.4 Å². The third-order valence-corrected chi connectivity index (χ3v) is 5.39. The van der Waals surface area contributed by atoms with E-state index in [1.807, 2.05) is 0 Å². The Balaban J connectivity index is 1.79. The third-order valence-electron chi connectivity index (χ3n) is 4.44. The Kier molecular flexibility index (Phi) is 4.24. The molecule has 0 aliphatic heterocycles. The Morgan fingerprint density at radius 2 is 1.90 bits per heavy atom. The quantitative estimate of drug-likeness (QED) is 0.748. The van der Waals surface area contributed by atoms with E-state index in [4.69, 9.17) is 5.11 Å². The Hall–Kier alpha value is -1.04. The fraction of sp³-hybridized carbons (Fsp3) is 0.800. The number of aromatic nitrogens is 3. The molecule has 5 nitrogen and oxygen atoms in total. The van der Waals surface area contributed by atoms with Crippen LogP contribution in [0.5, 0.6) is 0 Å². The number of thioether (sulfide) groups is 1. The van der Waals surface area contributed by atoms with Crippen LogP contribution >= 0.6 is 11.8 Å². The summed E-state index contributed by atoms with van der Waals surface area (Å²) in [4.78, 5) is 10.8. The molecule has 0 bridgehead atoms. The first kappa shape index (κ1) is 14.9. The van der Waals surface area contributed by atoms with Crippen LogP contribution in [0.2, 0.25) is 0 Å². The summed E-state index contributed by atoms with van der Waals surface area (Å²) in [5.41, 5.74) is 0. The van der Waals surface area contributed by atoms with E-state index >= 15 is 0 Å². The van der Waals surface area contributed by atoms with Crippen LogP contribution in [-0.4, -0.2) is 31.6 Å². The molecule has 2 aliphatic rings. The van der Waals surface area contributed by atoms with Crippen molar-refractivity contribution in [1.29, 1.82) is 0 Å². The van der Waals surface area contributed by atoms with Crippen molar-refractivity contribution in [3.63, 3.8) is 0 Å². The van der Waals surface area contributed by atoms with Crippen LogP contribution < -0.4 is 0 Å². The van der Waals surface area contributed by atoms with Gasteiger partial charge in [-0.3, -0.25) is 4.79 Å². The summed E-state index contributed by atoms with van der Waals surface area (Å²) in [6.45, 7) is 5.21. The third kappa shape index (κ3) is 3.59. The topological polar surface area (TPSA) is 68.0 Å². The van der Waals surface area contributed by atoms with Crippen LogP contribution in [0, 0.1) is 17.8 Å². The Morgan fingerprint density at radius 1 is 1.29 bits per heavy atom. The molecule has 3 rings (SSSR count). The molecular weight excluding hydrogens is 286 g/mol. The van der Waals surface area contributed by atoms with Gasteiger partial charge in [-0.1, -0.05) is 25.6 Å². The van der Waals surface area contributed by atoms with Gasteiger partial charge in [0.15, 0.2) is 5.16 Å². The average Bonchev–Trinajstić information content (AvgIpc) is 3.32. The SMILES string of the molecule is CC(C)c1nnc(SCC(=O)O)n1CC(C1CC1)C1CC1. The molecule has 0 aromatic carbocycles. The molecule has 0 amide bonds. The van der Waals surface area contributed by atoms with Gasteiger partial charge in [0.1, 0.15) is 5.82 Å². The molecule has 0 unspecified atom stereocenters. The zero-order chi connectivity index (χ0) is 15.0. The summed E-state index contributed by atoms with van der Waals surface area (Å²) in [5, 5.41) is 18.2. The number of carbonyl (C=O) groups is 1. The fourth-order valence-electron chi connectivity index (χ4n) is 3.07. The van der Waals surface area contributed by atoms with E-state index in [1.54, 1.807) is 0 Å². The number of aliphatic carboxylic acids is 1. The van der Waals surface area contributed by atoms with Gasteiger partial charge in [-0.15, -0.1) is 10.2 Å². The minimum Gasteiger partial charge on any atom is -0.481 e. The lowest BCUT2D eigenvalue weighted by atomic mass is 9.97. The predicted octanol–water partition coefficient (Wildman–Crippen LogP) is 3.01. The summed E-state index contributed by atoms with van der Waals surface area (Å²) in [6, 6.07) is 0. The van der Waals surface area contributed by atoms with Gasteiger partial charge in [0.05, 0.1) is 5.75 Å². The van der Waals surface area contributed by atoms with Crippen LogP contribution in [0.1, 0.15) is 51.3 Å². The van der Waals surface area contributed by atoms with Gasteiger partial charge >= 0.3 is 5.97 Å². The van der Waals surface area contributed by atoms with Crippen molar-refractivity contribution >= 4 is 17.7 Å². The van der Waals surface area contributed by atoms with E-state index in [0.717, 1.165) is 35.3 Å². The molecular formula is C15H23N3O2S. The summed E-state index contributed by atoms with van der Waals surface area (Å²) in [7, 11) is 0. The first-order chi connectivity index (χ1) is 10.1. The molecule has 0 atom stereocenters. The molecule has 1 aromatic rings. The summed E-state index contributed by atoms with van der Waals surface area (Å²) in [6.07, 6.45) is 5.44. The van der Waals surface area contributed by atoms with Gasteiger partial charge in [-0.25, -0.2) is 0 Å². The van der Waals surface area contributed by atoms with Crippen LogP contribution in [-0.2, 0) is 11.3 Å². The second kappa shape index (κ2) is 5.99. The van der Waals surface area contributed by atoms with Gasteiger partial charge in [0.2, 0.25) is 0 Å². The molecule has 2 saturated carbocycles. The monoisotopic (exact) mass is 309 g/mol. The molecule has 2 aliphatic carbocycles. The van der Waals surface area contributed by atoms with Crippen molar-refractivity contribution < 1.29 is 9.90 Å².